The van der Waals surface area contributed by atoms with Crippen LogP contribution in [0.25, 0.3) is 0 Å². The molecule has 5 atom stereocenters. The largest absolute Gasteiger partial charge is 0.494 e. The number of hydrogen-bond donors (Lipinski definition) is 0. The van der Waals surface area contributed by atoms with Gasteiger partial charge in [-0.25, -0.2) is 0 Å². The molecule has 1 heterocycles. The maximum atomic E-state index is 12.0. The Morgan fingerprint density at radius 3 is 2.05 bits per heavy atom. The highest BCUT2D eigenvalue weighted by Gasteiger charge is 2.52. The van der Waals surface area contributed by atoms with Crippen molar-refractivity contribution in [2.75, 3.05) is 6.61 Å². The molecule has 0 N–H and O–H groups in total. The summed E-state index contributed by atoms with van der Waals surface area (Å²) in [7, 11) is 0. The van der Waals surface area contributed by atoms with Crippen LogP contribution in [0.4, 0.5) is 0 Å². The van der Waals surface area contributed by atoms with Gasteiger partial charge in [0, 0.05) is 25.8 Å². The maximum absolute atomic E-state index is 12.0. The zero-order valence-corrected chi connectivity index (χ0v) is 21.7. The predicted molar refractivity (Wildman–Crippen MR) is 132 cm³/mol. The molecule has 198 valence electrons. The molecule has 1 fully saturated rings. The van der Waals surface area contributed by atoms with Gasteiger partial charge in [0.15, 0.2) is 30.7 Å². The molecule has 0 bridgehead atoms. The lowest BCUT2D eigenvalue weighted by molar-refractivity contribution is -0.242. The second-order valence-corrected chi connectivity index (χ2v) is 8.89. The number of aldehydes is 1. The first-order valence-electron chi connectivity index (χ1n) is 11.7. The summed E-state index contributed by atoms with van der Waals surface area (Å²) >= 11 is 6.49. The van der Waals surface area contributed by atoms with E-state index < -0.39 is 48.4 Å². The summed E-state index contributed by atoms with van der Waals surface area (Å²) < 4.78 is 27.6. The van der Waals surface area contributed by atoms with Gasteiger partial charge in [-0.3, -0.25) is 14.4 Å². The fourth-order valence-corrected chi connectivity index (χ4v) is 4.40. The van der Waals surface area contributed by atoms with E-state index in [1.165, 1.54) is 6.92 Å². The highest BCUT2D eigenvalue weighted by Crippen LogP contribution is 2.38. The molecule has 0 radical (unpaired) electrons. The first-order valence-corrected chi connectivity index (χ1v) is 12.1. The average Bonchev–Trinajstić information content (AvgIpc) is 2.83. The van der Waals surface area contributed by atoms with Crippen LogP contribution in [0.5, 0.6) is 5.75 Å². The first-order chi connectivity index (χ1) is 17.6. The second kappa shape index (κ2) is 12.7. The molecule has 0 aromatic heterocycles. The van der Waals surface area contributed by atoms with E-state index >= 15 is 0 Å². The number of ether oxygens (including phenoxy) is 5. The summed E-state index contributed by atoms with van der Waals surface area (Å²) in [6.45, 7) is 5.96. The minimum Gasteiger partial charge on any atom is -0.494 e. The first kappa shape index (κ1) is 28.1. The lowest BCUT2D eigenvalue weighted by Gasteiger charge is -2.43. The number of carbonyl (C=O) groups is 4. The van der Waals surface area contributed by atoms with E-state index in [0.29, 0.717) is 29.9 Å². The van der Waals surface area contributed by atoms with Crippen LogP contribution in [0.15, 0.2) is 42.5 Å². The summed E-state index contributed by atoms with van der Waals surface area (Å²) in [5.41, 5.74) is 2.26. The van der Waals surface area contributed by atoms with E-state index in [9.17, 15) is 19.2 Å². The third-order valence-electron chi connectivity index (χ3n) is 5.64. The molecule has 9 nitrogen and oxygen atoms in total. The zero-order valence-electron chi connectivity index (χ0n) is 21.0. The molecule has 1 aliphatic heterocycles. The van der Waals surface area contributed by atoms with Gasteiger partial charge in [0.05, 0.1) is 6.61 Å². The van der Waals surface area contributed by atoms with Crippen molar-refractivity contribution in [1.82, 2.24) is 0 Å². The Morgan fingerprint density at radius 2 is 1.49 bits per heavy atom. The maximum Gasteiger partial charge on any atom is 0.303 e. The van der Waals surface area contributed by atoms with Crippen LogP contribution in [0, 0.1) is 0 Å². The zero-order chi connectivity index (χ0) is 27.1. The minimum absolute atomic E-state index is 0.456. The Kier molecular flexibility index (Phi) is 9.66. The molecular weight excluding hydrogens is 504 g/mol. The van der Waals surface area contributed by atoms with Crippen LogP contribution in [0.3, 0.4) is 0 Å². The Balaban J connectivity index is 2.00. The predicted octanol–water partition coefficient (Wildman–Crippen LogP) is 3.76. The lowest BCUT2D eigenvalue weighted by Crippen LogP contribution is -2.58. The van der Waals surface area contributed by atoms with Gasteiger partial charge in [0.2, 0.25) is 0 Å². The van der Waals surface area contributed by atoms with Gasteiger partial charge in [-0.2, -0.15) is 0 Å². The van der Waals surface area contributed by atoms with Gasteiger partial charge >= 0.3 is 17.9 Å². The van der Waals surface area contributed by atoms with Gasteiger partial charge in [-0.15, -0.1) is 0 Å². The van der Waals surface area contributed by atoms with Crippen LogP contribution < -0.4 is 4.74 Å². The Hall–Kier alpha value is -3.43. The molecule has 1 saturated heterocycles. The Morgan fingerprint density at radius 1 is 0.892 bits per heavy atom. The number of carbonyl (C=O) groups excluding carboxylic acids is 4. The van der Waals surface area contributed by atoms with E-state index in [0.717, 1.165) is 30.7 Å². The molecule has 0 unspecified atom stereocenters. The third-order valence-corrected chi connectivity index (χ3v) is 6.01. The monoisotopic (exact) mass is 532 g/mol. The lowest BCUT2D eigenvalue weighted by atomic mass is 9.89. The molecule has 2 aromatic rings. The number of halogens is 1. The third kappa shape index (κ3) is 7.30. The van der Waals surface area contributed by atoms with E-state index in [2.05, 4.69) is 0 Å². The Bertz CT molecular complexity index is 1130. The summed E-state index contributed by atoms with van der Waals surface area (Å²) in [5, 5.41) is 0.499. The van der Waals surface area contributed by atoms with Crippen LogP contribution in [0.1, 0.15) is 50.5 Å². The SMILES string of the molecule is CCOc1ccc(Cc2cc([C@@H]3O[C@H](C=O)[C@@H](OC(C)=O)[C@H](OC(C)=O)[C@H]3OC(C)=O)ccc2Cl)cc1. The molecule has 2 aromatic carbocycles. The quantitative estimate of drug-likeness (QED) is 0.270. The van der Waals surface area contributed by atoms with Gasteiger partial charge in [-0.05, 0) is 48.2 Å². The molecule has 37 heavy (non-hydrogen) atoms. The van der Waals surface area contributed by atoms with Crippen molar-refractivity contribution in [2.24, 2.45) is 0 Å². The van der Waals surface area contributed by atoms with Crippen LogP contribution in [-0.2, 0) is 44.5 Å². The van der Waals surface area contributed by atoms with Gasteiger partial charge < -0.3 is 28.5 Å². The van der Waals surface area contributed by atoms with E-state index in [1.807, 2.05) is 31.2 Å². The van der Waals surface area contributed by atoms with Crippen LogP contribution in [0.2, 0.25) is 5.02 Å². The number of benzene rings is 2. The Labute approximate surface area is 219 Å². The highest BCUT2D eigenvalue weighted by atomic mass is 35.5. The second-order valence-electron chi connectivity index (χ2n) is 8.48. The number of hydrogen-bond acceptors (Lipinski definition) is 9. The number of rotatable bonds is 9. The summed E-state index contributed by atoms with van der Waals surface area (Å²) in [4.78, 5) is 47.6. The van der Waals surface area contributed by atoms with Gasteiger partial charge in [-0.1, -0.05) is 35.9 Å². The molecule has 0 amide bonds. The van der Waals surface area contributed by atoms with E-state index in [4.69, 9.17) is 35.3 Å². The molecule has 10 heteroatoms. The molecular formula is C27H29ClO9. The van der Waals surface area contributed by atoms with E-state index in [1.54, 1.807) is 18.2 Å². The summed E-state index contributed by atoms with van der Waals surface area (Å²) in [6, 6.07) is 12.7. The van der Waals surface area contributed by atoms with Gasteiger partial charge in [0.1, 0.15) is 11.9 Å². The van der Waals surface area contributed by atoms with Gasteiger partial charge in [0.25, 0.3) is 0 Å². The topological polar surface area (TPSA) is 114 Å². The molecule has 0 aliphatic carbocycles. The standard InChI is InChI=1S/C27H29ClO9/c1-5-33-21-9-6-18(7-10-21)12-20-13-19(8-11-22(20)28)24-26(35-16(3)31)27(36-17(4)32)25(34-15(2)30)23(14-29)37-24/h6-11,13-14,23-27H,5,12H2,1-4H3/t23-,24+,25-,26+,27+/m1/s1. The van der Waals surface area contributed by atoms with Crippen molar-refractivity contribution < 1.29 is 42.9 Å². The van der Waals surface area contributed by atoms with Crippen molar-refractivity contribution in [3.63, 3.8) is 0 Å². The fraction of sp³-hybridized carbons (Fsp3) is 0.407. The van der Waals surface area contributed by atoms with Crippen LogP contribution in [-0.4, -0.2) is 55.2 Å². The molecule has 0 spiro atoms. The highest BCUT2D eigenvalue weighted by molar-refractivity contribution is 6.31. The minimum atomic E-state index is -1.31. The molecule has 1 aliphatic rings. The fourth-order valence-electron chi connectivity index (χ4n) is 4.22. The van der Waals surface area contributed by atoms with Crippen molar-refractivity contribution in [3.8, 4) is 5.75 Å². The smallest absolute Gasteiger partial charge is 0.303 e. The molecule has 3 rings (SSSR count). The van der Waals surface area contributed by atoms with E-state index in [-0.39, 0.29) is 0 Å². The summed E-state index contributed by atoms with van der Waals surface area (Å²) in [6.07, 6.45) is -5.18. The van der Waals surface area contributed by atoms with Crippen molar-refractivity contribution in [1.29, 1.82) is 0 Å². The summed E-state index contributed by atoms with van der Waals surface area (Å²) in [5.74, 6) is -1.35. The normalized spacial score (nSPS) is 23.0. The van der Waals surface area contributed by atoms with Crippen molar-refractivity contribution >= 4 is 35.8 Å². The molecule has 0 saturated carbocycles. The van der Waals surface area contributed by atoms with Crippen LogP contribution >= 0.6 is 11.6 Å². The van der Waals surface area contributed by atoms with Crippen molar-refractivity contribution in [3.05, 3.63) is 64.2 Å². The average molecular weight is 533 g/mol. The van der Waals surface area contributed by atoms with Crippen molar-refractivity contribution in [2.45, 2.75) is 64.6 Å². The number of esters is 3.